The minimum Gasteiger partial charge on any atom is -0.487 e. The second-order valence-electron chi connectivity index (χ2n) is 16.6. The molecule has 0 amide bonds. The molecule has 2 fully saturated rings. The van der Waals surface area contributed by atoms with Crippen LogP contribution in [0.4, 0.5) is 10.3 Å². The van der Waals surface area contributed by atoms with E-state index in [1.165, 1.54) is 29.8 Å². The van der Waals surface area contributed by atoms with Gasteiger partial charge < -0.3 is 29.1 Å². The van der Waals surface area contributed by atoms with Gasteiger partial charge in [0.05, 0.1) is 30.3 Å². The first kappa shape index (κ1) is 43.0. The first-order valence-electron chi connectivity index (χ1n) is 21.3. The lowest BCUT2D eigenvalue weighted by Crippen LogP contribution is -2.46. The summed E-state index contributed by atoms with van der Waals surface area (Å²) >= 11 is 8.78. The van der Waals surface area contributed by atoms with E-state index in [0.717, 1.165) is 77.5 Å². The maximum absolute atomic E-state index is 14.3. The highest BCUT2D eigenvalue weighted by molar-refractivity contribution is 7.22. The number of rotatable bonds is 9. The Kier molecular flexibility index (Phi) is 12.8. The molecule has 0 aliphatic carbocycles. The van der Waals surface area contributed by atoms with Crippen molar-refractivity contribution in [2.75, 3.05) is 71.0 Å². The maximum Gasteiger partial charge on any atom is 0.345 e. The standard InChI is InChI=1S/C47H50ClFN8O5S/c1-29-26-60-21-20-57(29)47-50-13-12-36(53-47)27-61-38-11-4-31-22-34(38)23-39(46(58)59)62-44-41-40(43(63-45(41)52-28-51-44)32-5-8-35(49)9-6-32)37-10-7-33(42(48)30(37)2)25-56(24-31)19-18-55-16-14-54(3)15-17-55/h4-13,22,28-29,39H,14-21,23-27H2,1-3H3,(H,58,59)/t29-,39?/m1/s1. The lowest BCUT2D eigenvalue weighted by molar-refractivity contribution is -0.145. The van der Waals surface area contributed by atoms with Crippen LogP contribution in [0.25, 0.3) is 31.8 Å². The van der Waals surface area contributed by atoms with Crippen LogP contribution in [0, 0.1) is 12.7 Å². The predicted molar refractivity (Wildman–Crippen MR) is 242 cm³/mol. The van der Waals surface area contributed by atoms with Crippen LogP contribution >= 0.6 is 22.9 Å². The van der Waals surface area contributed by atoms with Crippen molar-refractivity contribution >= 4 is 45.1 Å². The molecule has 16 heteroatoms. The van der Waals surface area contributed by atoms with Crippen molar-refractivity contribution in [1.82, 2.24) is 34.6 Å². The molecule has 6 aromatic rings. The van der Waals surface area contributed by atoms with Gasteiger partial charge in [-0.15, -0.1) is 11.3 Å². The fourth-order valence-electron chi connectivity index (χ4n) is 8.58. The molecule has 2 atom stereocenters. The van der Waals surface area contributed by atoms with E-state index in [0.29, 0.717) is 71.0 Å². The van der Waals surface area contributed by atoms with Crippen LogP contribution in [0.3, 0.4) is 0 Å². The van der Waals surface area contributed by atoms with Gasteiger partial charge in [0, 0.05) is 87.0 Å². The minimum atomic E-state index is -1.36. The number of carbonyl (C=O) groups is 1. The SMILES string of the molecule is Cc1c2ccc(c1Cl)CN(CCN1CCN(C)CC1)Cc1ccc(OCc3ccnc(N4CCOC[C@H]4C)n3)c(c1)CC(C(=O)O)Oc1ncnc3sc(-c4ccc(F)cc4)c-2c13. The van der Waals surface area contributed by atoms with Crippen LogP contribution < -0.4 is 14.4 Å². The molecular weight excluding hydrogens is 843 g/mol. The quantitative estimate of drug-likeness (QED) is 0.155. The lowest BCUT2D eigenvalue weighted by Gasteiger charge is -2.34. The van der Waals surface area contributed by atoms with E-state index < -0.39 is 12.1 Å². The number of halogens is 2. The zero-order valence-electron chi connectivity index (χ0n) is 35.6. The summed E-state index contributed by atoms with van der Waals surface area (Å²) < 4.78 is 32.9. The predicted octanol–water partition coefficient (Wildman–Crippen LogP) is 7.36. The third-order valence-corrected chi connectivity index (χ3v) is 13.9. The molecule has 1 N–H and O–H groups in total. The Morgan fingerprint density at radius 2 is 1.78 bits per heavy atom. The van der Waals surface area contributed by atoms with E-state index in [1.807, 2.05) is 31.2 Å². The number of morpholine rings is 1. The Balaban J connectivity index is 1.13. The van der Waals surface area contributed by atoms with Gasteiger partial charge in [-0.1, -0.05) is 48.0 Å². The summed E-state index contributed by atoms with van der Waals surface area (Å²) in [4.78, 5) is 42.6. The zero-order valence-corrected chi connectivity index (χ0v) is 37.2. The van der Waals surface area contributed by atoms with Crippen molar-refractivity contribution in [2.45, 2.75) is 52.1 Å². The summed E-state index contributed by atoms with van der Waals surface area (Å²) in [5.74, 6) is -0.253. The fourth-order valence-corrected chi connectivity index (χ4v) is 9.96. The van der Waals surface area contributed by atoms with Gasteiger partial charge in [-0.05, 0) is 78.5 Å². The molecule has 0 saturated carbocycles. The van der Waals surface area contributed by atoms with Crippen molar-refractivity contribution in [2.24, 2.45) is 0 Å². The van der Waals surface area contributed by atoms with Gasteiger partial charge in [-0.3, -0.25) is 9.80 Å². The Morgan fingerprint density at radius 3 is 2.57 bits per heavy atom. The topological polar surface area (TPSA) is 130 Å². The number of thiophene rings is 1. The molecule has 0 spiro atoms. The van der Waals surface area contributed by atoms with Crippen molar-refractivity contribution in [3.05, 3.63) is 112 Å². The molecule has 7 heterocycles. The summed E-state index contributed by atoms with van der Waals surface area (Å²) in [6.45, 7) is 13.0. The van der Waals surface area contributed by atoms with Gasteiger partial charge in [0.15, 0.2) is 0 Å². The summed E-state index contributed by atoms with van der Waals surface area (Å²) in [6, 6.07) is 18.4. The second kappa shape index (κ2) is 18.8. The number of likely N-dealkylation sites (N-methyl/N-ethyl adjacent to an activating group) is 1. The monoisotopic (exact) mass is 892 g/mol. The highest BCUT2D eigenvalue weighted by atomic mass is 35.5. The van der Waals surface area contributed by atoms with Crippen molar-refractivity contribution in [3.63, 3.8) is 0 Å². The van der Waals surface area contributed by atoms with Gasteiger partial charge in [0.25, 0.3) is 0 Å². The molecule has 0 radical (unpaired) electrons. The van der Waals surface area contributed by atoms with Gasteiger partial charge in [0.1, 0.15) is 29.3 Å². The van der Waals surface area contributed by atoms with Crippen LogP contribution in [0.1, 0.15) is 34.9 Å². The van der Waals surface area contributed by atoms with Crippen LogP contribution in [-0.4, -0.2) is 124 Å². The number of nitrogens with zero attached hydrogens (tertiary/aromatic N) is 8. The summed E-state index contributed by atoms with van der Waals surface area (Å²) in [6.07, 6.45) is 1.74. The highest BCUT2D eigenvalue weighted by Gasteiger charge is 2.30. The Labute approximate surface area is 375 Å². The van der Waals surface area contributed by atoms with E-state index in [1.54, 1.807) is 18.3 Å². The number of benzene rings is 3. The van der Waals surface area contributed by atoms with Crippen molar-refractivity contribution in [3.8, 4) is 33.2 Å². The average Bonchev–Trinajstić information content (AvgIpc) is 3.67. The number of piperazine rings is 1. The molecule has 4 aliphatic rings. The number of aromatic nitrogens is 4. The fraction of sp³-hybridized carbons (Fsp3) is 0.383. The zero-order chi connectivity index (χ0) is 43.6. The molecule has 3 aromatic carbocycles. The highest BCUT2D eigenvalue weighted by Crippen LogP contribution is 2.49. The van der Waals surface area contributed by atoms with Crippen molar-refractivity contribution in [1.29, 1.82) is 0 Å². The lowest BCUT2D eigenvalue weighted by atomic mass is 9.94. The molecule has 63 heavy (non-hydrogen) atoms. The third-order valence-electron chi connectivity index (χ3n) is 12.2. The molecule has 3 aromatic heterocycles. The average molecular weight is 893 g/mol. The van der Waals surface area contributed by atoms with E-state index in [2.05, 4.69) is 60.7 Å². The number of ether oxygens (including phenoxy) is 3. The Bertz CT molecular complexity index is 2610. The summed E-state index contributed by atoms with van der Waals surface area (Å²) in [5, 5.41) is 12.0. The number of carboxylic acid groups (broad SMARTS) is 1. The summed E-state index contributed by atoms with van der Waals surface area (Å²) in [5.41, 5.74) is 6.54. The number of hydrogen-bond donors (Lipinski definition) is 1. The van der Waals surface area contributed by atoms with E-state index in [-0.39, 0.29) is 30.8 Å². The molecule has 2 saturated heterocycles. The molecule has 4 aliphatic heterocycles. The number of fused-ring (bicyclic) bond motifs is 6. The van der Waals surface area contributed by atoms with Crippen LogP contribution in [-0.2, 0) is 35.6 Å². The van der Waals surface area contributed by atoms with Crippen LogP contribution in [0.15, 0.2) is 73.2 Å². The number of anilines is 1. The molecule has 10 rings (SSSR count). The summed E-state index contributed by atoms with van der Waals surface area (Å²) in [7, 11) is 2.16. The van der Waals surface area contributed by atoms with Crippen molar-refractivity contribution < 1.29 is 28.5 Å². The molecular formula is C47H50ClFN8O5S. The molecule has 1 unspecified atom stereocenters. The largest absolute Gasteiger partial charge is 0.487 e. The third kappa shape index (κ3) is 9.49. The Hall–Kier alpha value is -5.29. The smallest absolute Gasteiger partial charge is 0.345 e. The molecule has 13 nitrogen and oxygen atoms in total. The first-order chi connectivity index (χ1) is 30.6. The number of hydrogen-bond acceptors (Lipinski definition) is 13. The molecule has 4 bridgehead atoms. The maximum atomic E-state index is 14.3. The van der Waals surface area contributed by atoms with Gasteiger partial charge in [-0.25, -0.2) is 29.1 Å². The number of aliphatic carboxylic acids is 1. The van der Waals surface area contributed by atoms with Gasteiger partial charge in [-0.2, -0.15) is 0 Å². The normalized spacial score (nSPS) is 19.0. The van der Waals surface area contributed by atoms with Gasteiger partial charge >= 0.3 is 5.97 Å². The van der Waals surface area contributed by atoms with Crippen LogP contribution in [0.2, 0.25) is 5.02 Å². The Morgan fingerprint density at radius 1 is 0.968 bits per heavy atom. The van der Waals surface area contributed by atoms with E-state index in [9.17, 15) is 14.3 Å². The molecule has 328 valence electrons. The first-order valence-corrected chi connectivity index (χ1v) is 22.5. The van der Waals surface area contributed by atoms with Crippen LogP contribution in [0.5, 0.6) is 11.6 Å². The van der Waals surface area contributed by atoms with Gasteiger partial charge in [0.2, 0.25) is 17.9 Å². The second-order valence-corrected chi connectivity index (χ2v) is 18.0. The van der Waals surface area contributed by atoms with E-state index in [4.69, 9.17) is 30.8 Å². The number of carboxylic acids is 1. The minimum absolute atomic E-state index is 0.0193. The van der Waals surface area contributed by atoms with E-state index >= 15 is 0 Å².